The molecule has 146 valence electrons. The highest BCUT2D eigenvalue weighted by atomic mass is 35.5. The second kappa shape index (κ2) is 8.67. The van der Waals surface area contributed by atoms with E-state index in [1.54, 1.807) is 0 Å². The molecular weight excluding hydrogens is 391 g/mol. The molecule has 27 heavy (non-hydrogen) atoms. The zero-order valence-electron chi connectivity index (χ0n) is 15.0. The van der Waals surface area contributed by atoms with Crippen LogP contribution in [0.15, 0.2) is 47.4 Å². The van der Waals surface area contributed by atoms with Gasteiger partial charge in [0.1, 0.15) is 10.7 Å². The van der Waals surface area contributed by atoms with Crippen LogP contribution in [0.1, 0.15) is 17.2 Å². The van der Waals surface area contributed by atoms with E-state index in [4.69, 9.17) is 16.3 Å². The number of morpholine rings is 1. The van der Waals surface area contributed by atoms with Gasteiger partial charge in [-0.2, -0.15) is 0 Å². The van der Waals surface area contributed by atoms with Crippen molar-refractivity contribution >= 4 is 21.6 Å². The normalized spacial score (nSPS) is 17.0. The monoisotopic (exact) mass is 412 g/mol. The fourth-order valence-corrected chi connectivity index (χ4v) is 4.66. The summed E-state index contributed by atoms with van der Waals surface area (Å²) in [4.78, 5) is 2.07. The molecule has 1 unspecified atom stereocenters. The quantitative estimate of drug-likeness (QED) is 0.791. The molecule has 5 nitrogen and oxygen atoms in total. The lowest BCUT2D eigenvalue weighted by Crippen LogP contribution is -2.43. The molecule has 0 aromatic heterocycles. The van der Waals surface area contributed by atoms with Crippen LogP contribution < -0.4 is 4.72 Å². The molecule has 0 bridgehead atoms. The summed E-state index contributed by atoms with van der Waals surface area (Å²) >= 11 is 5.93. The van der Waals surface area contributed by atoms with E-state index >= 15 is 0 Å². The Bertz CT molecular complexity index is 884. The molecule has 1 aliphatic rings. The third-order valence-electron chi connectivity index (χ3n) is 4.60. The Labute approximate surface area is 164 Å². The van der Waals surface area contributed by atoms with Crippen molar-refractivity contribution in [3.05, 3.63) is 64.4 Å². The minimum absolute atomic E-state index is 0.129. The lowest BCUT2D eigenvalue weighted by molar-refractivity contribution is 0.0172. The summed E-state index contributed by atoms with van der Waals surface area (Å²) in [6, 6.07) is 11.2. The van der Waals surface area contributed by atoms with E-state index < -0.39 is 15.8 Å². The topological polar surface area (TPSA) is 58.6 Å². The van der Waals surface area contributed by atoms with Crippen molar-refractivity contribution in [2.24, 2.45) is 0 Å². The highest BCUT2D eigenvalue weighted by Gasteiger charge is 2.26. The smallest absolute Gasteiger partial charge is 0.242 e. The highest BCUT2D eigenvalue weighted by Crippen LogP contribution is 2.25. The summed E-state index contributed by atoms with van der Waals surface area (Å²) in [5.41, 5.74) is 2.16. The Kier molecular flexibility index (Phi) is 6.49. The minimum atomic E-state index is -3.86. The maximum Gasteiger partial charge on any atom is 0.242 e. The van der Waals surface area contributed by atoms with Crippen LogP contribution in [0.25, 0.3) is 0 Å². The summed E-state index contributed by atoms with van der Waals surface area (Å²) < 4.78 is 46.6. The lowest BCUT2D eigenvalue weighted by atomic mass is 10.0. The van der Waals surface area contributed by atoms with Gasteiger partial charge in [0.05, 0.1) is 18.2 Å². The third kappa shape index (κ3) is 5.06. The summed E-state index contributed by atoms with van der Waals surface area (Å²) in [5, 5.41) is -0.138. The van der Waals surface area contributed by atoms with Crippen LogP contribution >= 0.6 is 11.6 Å². The van der Waals surface area contributed by atoms with Crippen LogP contribution in [0.2, 0.25) is 5.02 Å². The van der Waals surface area contributed by atoms with Gasteiger partial charge in [0.2, 0.25) is 10.0 Å². The summed E-state index contributed by atoms with van der Waals surface area (Å²) in [5.74, 6) is -0.579. The van der Waals surface area contributed by atoms with Crippen LogP contribution in [0.4, 0.5) is 4.39 Å². The number of hydrogen-bond acceptors (Lipinski definition) is 4. The van der Waals surface area contributed by atoms with Crippen LogP contribution in [0.5, 0.6) is 0 Å². The molecule has 2 aromatic rings. The van der Waals surface area contributed by atoms with Gasteiger partial charge in [-0.05, 0) is 30.7 Å². The summed E-state index contributed by atoms with van der Waals surface area (Å²) in [7, 11) is -3.86. The standard InChI is InChI=1S/C19H22ClFN2O3S/c1-14-2-4-15(5-3-14)18(23-8-10-26-11-9-23)13-22-27(24,25)19-7-6-16(21)12-17(19)20/h2-7,12,18,22H,8-11,13H2,1H3. The number of benzene rings is 2. The van der Waals surface area contributed by atoms with Crippen molar-refractivity contribution in [2.75, 3.05) is 32.8 Å². The van der Waals surface area contributed by atoms with E-state index in [0.717, 1.165) is 36.3 Å². The molecular formula is C19H22ClFN2O3S. The highest BCUT2D eigenvalue weighted by molar-refractivity contribution is 7.89. The van der Waals surface area contributed by atoms with Gasteiger partial charge < -0.3 is 4.74 Å². The van der Waals surface area contributed by atoms with Crippen molar-refractivity contribution in [1.29, 1.82) is 0 Å². The van der Waals surface area contributed by atoms with E-state index in [1.165, 1.54) is 6.07 Å². The predicted molar refractivity (Wildman–Crippen MR) is 103 cm³/mol. The van der Waals surface area contributed by atoms with Gasteiger partial charge in [0.25, 0.3) is 0 Å². The largest absolute Gasteiger partial charge is 0.379 e. The van der Waals surface area contributed by atoms with Crippen LogP contribution in [0.3, 0.4) is 0 Å². The fraction of sp³-hybridized carbons (Fsp3) is 0.368. The van der Waals surface area contributed by atoms with Crippen LogP contribution in [-0.4, -0.2) is 46.2 Å². The van der Waals surface area contributed by atoms with Gasteiger partial charge in [0, 0.05) is 25.7 Å². The van der Waals surface area contributed by atoms with E-state index in [2.05, 4.69) is 9.62 Å². The first-order chi connectivity index (χ1) is 12.9. The van der Waals surface area contributed by atoms with Crippen molar-refractivity contribution in [3.8, 4) is 0 Å². The minimum Gasteiger partial charge on any atom is -0.379 e. The van der Waals surface area contributed by atoms with Crippen LogP contribution in [0, 0.1) is 12.7 Å². The van der Waals surface area contributed by atoms with Crippen molar-refractivity contribution in [3.63, 3.8) is 0 Å². The molecule has 0 saturated carbocycles. The molecule has 1 aliphatic heterocycles. The average Bonchev–Trinajstić information content (AvgIpc) is 2.64. The maximum atomic E-state index is 13.2. The number of hydrogen-bond donors (Lipinski definition) is 1. The maximum absolute atomic E-state index is 13.2. The number of halogens is 2. The molecule has 0 amide bonds. The first-order valence-corrected chi connectivity index (χ1v) is 10.6. The lowest BCUT2D eigenvalue weighted by Gasteiger charge is -2.35. The molecule has 0 radical (unpaired) electrons. The van der Waals surface area contributed by atoms with Crippen LogP contribution in [-0.2, 0) is 14.8 Å². The first kappa shape index (κ1) is 20.2. The Morgan fingerprint density at radius 2 is 1.85 bits per heavy atom. The molecule has 1 heterocycles. The number of rotatable bonds is 6. The number of nitrogens with one attached hydrogen (secondary N) is 1. The molecule has 1 atom stereocenters. The average molecular weight is 413 g/mol. The molecule has 8 heteroatoms. The molecule has 1 saturated heterocycles. The molecule has 0 aliphatic carbocycles. The SMILES string of the molecule is Cc1ccc(C(CNS(=O)(=O)c2ccc(F)cc2Cl)N2CCOCC2)cc1. The molecule has 1 fully saturated rings. The zero-order chi connectivity index (χ0) is 19.4. The number of ether oxygens (including phenoxy) is 1. The Balaban J connectivity index is 1.82. The van der Waals surface area contributed by atoms with Gasteiger partial charge >= 0.3 is 0 Å². The third-order valence-corrected chi connectivity index (χ3v) is 6.51. The fourth-order valence-electron chi connectivity index (χ4n) is 3.10. The number of nitrogens with zero attached hydrogens (tertiary/aromatic N) is 1. The summed E-state index contributed by atoms with van der Waals surface area (Å²) in [6.45, 7) is 4.85. The van der Waals surface area contributed by atoms with Crippen molar-refractivity contribution in [2.45, 2.75) is 17.9 Å². The molecule has 3 rings (SSSR count). The van der Waals surface area contributed by atoms with E-state index in [0.29, 0.717) is 13.2 Å². The Morgan fingerprint density at radius 1 is 1.19 bits per heavy atom. The molecule has 2 aromatic carbocycles. The Morgan fingerprint density at radius 3 is 2.48 bits per heavy atom. The summed E-state index contributed by atoms with van der Waals surface area (Å²) in [6.07, 6.45) is 0. The van der Waals surface area contributed by atoms with E-state index in [9.17, 15) is 12.8 Å². The van der Waals surface area contributed by atoms with Crippen molar-refractivity contribution < 1.29 is 17.5 Å². The number of aryl methyl sites for hydroxylation is 1. The second-order valence-electron chi connectivity index (χ2n) is 6.50. The first-order valence-electron chi connectivity index (χ1n) is 8.70. The molecule has 1 N–H and O–H groups in total. The number of sulfonamides is 1. The van der Waals surface area contributed by atoms with E-state index in [1.807, 2.05) is 31.2 Å². The van der Waals surface area contributed by atoms with Gasteiger partial charge in [-0.3, -0.25) is 4.90 Å². The van der Waals surface area contributed by atoms with E-state index in [-0.39, 0.29) is 22.5 Å². The predicted octanol–water partition coefficient (Wildman–Crippen LogP) is 3.14. The van der Waals surface area contributed by atoms with Crippen molar-refractivity contribution in [1.82, 2.24) is 9.62 Å². The van der Waals surface area contributed by atoms with Gasteiger partial charge in [0.15, 0.2) is 0 Å². The van der Waals surface area contributed by atoms with Gasteiger partial charge in [-0.25, -0.2) is 17.5 Å². The molecule has 0 spiro atoms. The second-order valence-corrected chi connectivity index (χ2v) is 8.64. The zero-order valence-corrected chi connectivity index (χ0v) is 16.6. The Hall–Kier alpha value is -1.51. The van der Waals surface area contributed by atoms with Gasteiger partial charge in [-0.15, -0.1) is 0 Å². The van der Waals surface area contributed by atoms with Gasteiger partial charge in [-0.1, -0.05) is 41.4 Å².